The van der Waals surface area contributed by atoms with Gasteiger partial charge in [-0.1, -0.05) is 12.1 Å². The Morgan fingerprint density at radius 1 is 1.21 bits per heavy atom. The lowest BCUT2D eigenvalue weighted by atomic mass is 10.1. The number of carbonyl (C=O) groups is 1. The molecule has 2 aromatic heterocycles. The van der Waals surface area contributed by atoms with Gasteiger partial charge in [0.05, 0.1) is 30.7 Å². The van der Waals surface area contributed by atoms with Crippen LogP contribution in [-0.4, -0.2) is 41.0 Å². The number of hydrogen-bond donors (Lipinski definition) is 2. The minimum atomic E-state index is -0.523. The Hall–Kier alpha value is -3.65. The monoisotopic (exact) mass is 447 g/mol. The second kappa shape index (κ2) is 10.3. The molecule has 0 radical (unpaired) electrons. The molecule has 0 spiro atoms. The number of nitrogens with zero attached hydrogens (tertiary/aromatic N) is 3. The van der Waals surface area contributed by atoms with Gasteiger partial charge in [-0.25, -0.2) is 4.98 Å². The van der Waals surface area contributed by atoms with Gasteiger partial charge in [0.25, 0.3) is 5.91 Å². The highest BCUT2D eigenvalue weighted by Crippen LogP contribution is 2.34. The molecular formula is C25H29N5O3. The van der Waals surface area contributed by atoms with Crippen LogP contribution in [0.25, 0.3) is 0 Å². The largest absolute Gasteiger partial charge is 0.493 e. The summed E-state index contributed by atoms with van der Waals surface area (Å²) in [5.41, 5.74) is 9.22. The normalized spacial score (nSPS) is 15.9. The number of methoxy groups -OCH3 is 1. The molecule has 1 saturated heterocycles. The Kier molecular flexibility index (Phi) is 7.04. The molecule has 8 heteroatoms. The van der Waals surface area contributed by atoms with Crippen molar-refractivity contribution in [3.8, 4) is 11.5 Å². The van der Waals surface area contributed by atoms with E-state index in [0.717, 1.165) is 54.4 Å². The topological polar surface area (TPSA) is 103 Å². The summed E-state index contributed by atoms with van der Waals surface area (Å²) in [6.07, 6.45) is 4.05. The smallest absolute Gasteiger partial charge is 0.255 e. The molecule has 172 valence electrons. The highest BCUT2D eigenvalue weighted by molar-refractivity contribution is 5.75. The third-order valence-corrected chi connectivity index (χ3v) is 5.64. The fourth-order valence-corrected chi connectivity index (χ4v) is 4.10. The molecule has 1 atom stereocenters. The Morgan fingerprint density at radius 2 is 2.09 bits per heavy atom. The van der Waals surface area contributed by atoms with Crippen LogP contribution in [0.2, 0.25) is 0 Å². The van der Waals surface area contributed by atoms with Gasteiger partial charge in [-0.3, -0.25) is 14.7 Å². The van der Waals surface area contributed by atoms with Crippen molar-refractivity contribution in [1.29, 1.82) is 0 Å². The van der Waals surface area contributed by atoms with Crippen molar-refractivity contribution in [2.45, 2.75) is 32.4 Å². The molecule has 0 unspecified atom stereocenters. The molecule has 1 aliphatic rings. The zero-order chi connectivity index (χ0) is 23.2. The van der Waals surface area contributed by atoms with E-state index in [4.69, 9.17) is 20.2 Å². The number of hydrogen-bond acceptors (Lipinski definition) is 7. The van der Waals surface area contributed by atoms with Crippen LogP contribution in [0.4, 0.5) is 11.5 Å². The van der Waals surface area contributed by atoms with Crippen LogP contribution >= 0.6 is 0 Å². The maximum Gasteiger partial charge on any atom is 0.255 e. The minimum absolute atomic E-state index is 0.180. The summed E-state index contributed by atoms with van der Waals surface area (Å²) in [6, 6.07) is 16.0. The van der Waals surface area contributed by atoms with Gasteiger partial charge in [-0.2, -0.15) is 0 Å². The first-order chi connectivity index (χ1) is 16.0. The summed E-state index contributed by atoms with van der Waals surface area (Å²) in [5.74, 6) is 1.38. The molecule has 3 N–H and O–H groups in total. The molecule has 1 aromatic carbocycles. The van der Waals surface area contributed by atoms with Crippen molar-refractivity contribution < 1.29 is 14.3 Å². The third-order valence-electron chi connectivity index (χ3n) is 5.64. The third kappa shape index (κ3) is 5.78. The van der Waals surface area contributed by atoms with E-state index in [1.54, 1.807) is 7.11 Å². The number of benzene rings is 1. The standard InChI is InChI=1S/C25H29N5O3/c1-17-5-3-7-25(28-17)29-19-9-10-20(27-14-19)21-6-4-12-30(21)15-18-8-11-22(23(13-18)32-2)33-16-24(26)31/h3,5,7-11,13-14,21H,4,6,12,15-16H2,1-2H3,(H2,26,31)(H,28,29)/t21-/m0/s1. The number of primary amides is 1. The second-order valence-corrected chi connectivity index (χ2v) is 8.13. The zero-order valence-corrected chi connectivity index (χ0v) is 19.0. The summed E-state index contributed by atoms with van der Waals surface area (Å²) in [5, 5.41) is 3.31. The van der Waals surface area contributed by atoms with Gasteiger partial charge >= 0.3 is 0 Å². The molecule has 1 aliphatic heterocycles. The van der Waals surface area contributed by atoms with Crippen molar-refractivity contribution in [2.24, 2.45) is 5.73 Å². The number of aromatic nitrogens is 2. The number of nitrogens with two attached hydrogens (primary N) is 1. The van der Waals surface area contributed by atoms with E-state index in [9.17, 15) is 4.79 Å². The minimum Gasteiger partial charge on any atom is -0.493 e. The van der Waals surface area contributed by atoms with Gasteiger partial charge in [0.15, 0.2) is 18.1 Å². The van der Waals surface area contributed by atoms with Crippen LogP contribution < -0.4 is 20.5 Å². The van der Waals surface area contributed by atoms with E-state index in [2.05, 4.69) is 27.3 Å². The molecule has 8 nitrogen and oxygen atoms in total. The van der Waals surface area contributed by atoms with Crippen molar-refractivity contribution in [1.82, 2.24) is 14.9 Å². The van der Waals surface area contributed by atoms with Gasteiger partial charge < -0.3 is 20.5 Å². The molecule has 0 bridgehead atoms. The quantitative estimate of drug-likeness (QED) is 0.515. The number of pyridine rings is 2. The predicted octanol–water partition coefficient (Wildman–Crippen LogP) is 3.74. The molecule has 3 heterocycles. The van der Waals surface area contributed by atoms with Gasteiger partial charge in [-0.15, -0.1) is 0 Å². The highest BCUT2D eigenvalue weighted by atomic mass is 16.5. The van der Waals surface area contributed by atoms with Crippen LogP contribution in [0.5, 0.6) is 11.5 Å². The van der Waals surface area contributed by atoms with E-state index in [1.807, 2.05) is 49.5 Å². The van der Waals surface area contributed by atoms with Crippen LogP contribution in [-0.2, 0) is 11.3 Å². The number of nitrogens with one attached hydrogen (secondary N) is 1. The van der Waals surface area contributed by atoms with Gasteiger partial charge in [-0.05, 0) is 68.3 Å². The first-order valence-electron chi connectivity index (χ1n) is 11.0. The zero-order valence-electron chi connectivity index (χ0n) is 19.0. The number of carbonyl (C=O) groups excluding carboxylic acids is 1. The SMILES string of the molecule is COc1cc(CN2CCC[C@H]2c2ccc(Nc3cccc(C)n3)cn2)ccc1OCC(N)=O. The number of ether oxygens (including phenoxy) is 2. The Morgan fingerprint density at radius 3 is 2.82 bits per heavy atom. The predicted molar refractivity (Wildman–Crippen MR) is 127 cm³/mol. The molecular weight excluding hydrogens is 418 g/mol. The number of anilines is 2. The molecule has 0 saturated carbocycles. The van der Waals surface area contributed by atoms with E-state index < -0.39 is 5.91 Å². The van der Waals surface area contributed by atoms with E-state index in [0.29, 0.717) is 11.5 Å². The molecule has 3 aromatic rings. The van der Waals surface area contributed by atoms with Crippen LogP contribution in [0.15, 0.2) is 54.7 Å². The van der Waals surface area contributed by atoms with Crippen molar-refractivity contribution in [2.75, 3.05) is 25.6 Å². The lowest BCUT2D eigenvalue weighted by Gasteiger charge is -2.24. The molecule has 4 rings (SSSR count). The van der Waals surface area contributed by atoms with Crippen molar-refractivity contribution >= 4 is 17.4 Å². The Bertz CT molecular complexity index is 1100. The van der Waals surface area contributed by atoms with Crippen molar-refractivity contribution in [3.05, 3.63) is 71.7 Å². The van der Waals surface area contributed by atoms with Gasteiger partial charge in [0.1, 0.15) is 5.82 Å². The first kappa shape index (κ1) is 22.5. The van der Waals surface area contributed by atoms with E-state index in [-0.39, 0.29) is 12.6 Å². The number of amides is 1. The maximum absolute atomic E-state index is 11.0. The lowest BCUT2D eigenvalue weighted by molar-refractivity contribution is -0.119. The summed E-state index contributed by atoms with van der Waals surface area (Å²) < 4.78 is 10.9. The summed E-state index contributed by atoms with van der Waals surface area (Å²) in [6.45, 7) is 3.56. The first-order valence-corrected chi connectivity index (χ1v) is 11.0. The fraction of sp³-hybridized carbons (Fsp3) is 0.320. The second-order valence-electron chi connectivity index (χ2n) is 8.13. The number of aryl methyl sites for hydroxylation is 1. The van der Waals surface area contributed by atoms with Crippen molar-refractivity contribution in [3.63, 3.8) is 0 Å². The number of likely N-dealkylation sites (tertiary alicyclic amines) is 1. The van der Waals surface area contributed by atoms with E-state index in [1.165, 1.54) is 0 Å². The van der Waals surface area contributed by atoms with Gasteiger partial charge in [0, 0.05) is 12.2 Å². The fourth-order valence-electron chi connectivity index (χ4n) is 4.10. The Labute approximate surface area is 193 Å². The summed E-state index contributed by atoms with van der Waals surface area (Å²) in [4.78, 5) is 22.6. The lowest BCUT2D eigenvalue weighted by Crippen LogP contribution is -2.23. The van der Waals surface area contributed by atoms with Crippen LogP contribution in [0, 0.1) is 6.92 Å². The van der Waals surface area contributed by atoms with E-state index >= 15 is 0 Å². The average molecular weight is 448 g/mol. The van der Waals surface area contributed by atoms with Gasteiger partial charge in [0.2, 0.25) is 0 Å². The average Bonchev–Trinajstić information content (AvgIpc) is 3.26. The summed E-state index contributed by atoms with van der Waals surface area (Å²) in [7, 11) is 1.58. The molecule has 1 amide bonds. The molecule has 33 heavy (non-hydrogen) atoms. The van der Waals surface area contributed by atoms with Crippen LogP contribution in [0.1, 0.15) is 35.8 Å². The summed E-state index contributed by atoms with van der Waals surface area (Å²) >= 11 is 0. The maximum atomic E-state index is 11.0. The highest BCUT2D eigenvalue weighted by Gasteiger charge is 2.27. The van der Waals surface area contributed by atoms with Crippen LogP contribution in [0.3, 0.4) is 0 Å². The molecule has 1 fully saturated rings. The Balaban J connectivity index is 1.43. The number of rotatable bonds is 9. The molecule has 0 aliphatic carbocycles.